The van der Waals surface area contributed by atoms with Crippen molar-refractivity contribution >= 4 is 11.7 Å². The Kier molecular flexibility index (Phi) is 4.30. The van der Waals surface area contributed by atoms with Gasteiger partial charge in [0.15, 0.2) is 11.6 Å². The van der Waals surface area contributed by atoms with Gasteiger partial charge in [0.2, 0.25) is 0 Å². The second-order valence-corrected chi connectivity index (χ2v) is 5.98. The molecule has 0 saturated carbocycles. The average molecular weight is 352 g/mol. The molecule has 1 aliphatic heterocycles. The van der Waals surface area contributed by atoms with Crippen LogP contribution in [0.4, 0.5) is 10.2 Å². The zero-order valence-electron chi connectivity index (χ0n) is 14.0. The standard InChI is InChI=1S/C18H17FN6O/c19-15-4-2-1-3-14(15)18(26)24-11-9-23(10-12-24)16-5-6-17(22-21-16)25-8-7-20-13-25/h1-8,13H,9-12H2. The maximum absolute atomic E-state index is 13.8. The number of nitrogens with zero attached hydrogens (tertiary/aromatic N) is 6. The van der Waals surface area contributed by atoms with Crippen molar-refractivity contribution in [3.8, 4) is 5.82 Å². The Morgan fingerprint density at radius 3 is 2.35 bits per heavy atom. The summed E-state index contributed by atoms with van der Waals surface area (Å²) >= 11 is 0. The number of rotatable bonds is 3. The van der Waals surface area contributed by atoms with Crippen LogP contribution in [0.2, 0.25) is 0 Å². The van der Waals surface area contributed by atoms with Crippen LogP contribution in [0, 0.1) is 5.82 Å². The number of imidazole rings is 1. The van der Waals surface area contributed by atoms with Crippen molar-refractivity contribution in [3.05, 3.63) is 66.5 Å². The largest absolute Gasteiger partial charge is 0.352 e. The lowest BCUT2D eigenvalue weighted by Crippen LogP contribution is -2.49. The molecule has 132 valence electrons. The Labute approximate surface area is 149 Å². The third-order valence-electron chi connectivity index (χ3n) is 4.40. The van der Waals surface area contributed by atoms with E-state index in [0.717, 1.165) is 5.82 Å². The van der Waals surface area contributed by atoms with Gasteiger partial charge in [-0.3, -0.25) is 9.36 Å². The van der Waals surface area contributed by atoms with Crippen LogP contribution in [0.5, 0.6) is 0 Å². The van der Waals surface area contributed by atoms with Crippen molar-refractivity contribution in [3.63, 3.8) is 0 Å². The molecule has 26 heavy (non-hydrogen) atoms. The van der Waals surface area contributed by atoms with Gasteiger partial charge in [0, 0.05) is 38.6 Å². The Morgan fingerprint density at radius 2 is 1.69 bits per heavy atom. The van der Waals surface area contributed by atoms with Gasteiger partial charge in [-0.25, -0.2) is 9.37 Å². The summed E-state index contributed by atoms with van der Waals surface area (Å²) in [6.45, 7) is 2.27. The van der Waals surface area contributed by atoms with Crippen molar-refractivity contribution in [2.45, 2.75) is 0 Å². The van der Waals surface area contributed by atoms with E-state index in [2.05, 4.69) is 20.1 Å². The van der Waals surface area contributed by atoms with E-state index in [4.69, 9.17) is 0 Å². The van der Waals surface area contributed by atoms with E-state index in [1.165, 1.54) is 12.1 Å². The molecule has 2 aromatic heterocycles. The third kappa shape index (κ3) is 3.13. The van der Waals surface area contributed by atoms with Crippen LogP contribution in [0.3, 0.4) is 0 Å². The first kappa shape index (κ1) is 16.2. The SMILES string of the molecule is O=C(c1ccccc1F)N1CCN(c2ccc(-n3ccnc3)nn2)CC1. The van der Waals surface area contributed by atoms with Gasteiger partial charge in [0.05, 0.1) is 5.56 Å². The lowest BCUT2D eigenvalue weighted by atomic mass is 10.1. The Hall–Kier alpha value is -3.29. The van der Waals surface area contributed by atoms with E-state index in [-0.39, 0.29) is 11.5 Å². The molecule has 1 aliphatic rings. The summed E-state index contributed by atoms with van der Waals surface area (Å²) in [6, 6.07) is 9.85. The van der Waals surface area contributed by atoms with Gasteiger partial charge in [-0.1, -0.05) is 12.1 Å². The molecule has 1 saturated heterocycles. The highest BCUT2D eigenvalue weighted by Gasteiger charge is 2.24. The smallest absolute Gasteiger partial charge is 0.256 e. The molecular formula is C18H17FN6O. The fourth-order valence-corrected chi connectivity index (χ4v) is 2.96. The molecule has 0 aliphatic carbocycles. The minimum atomic E-state index is -0.485. The second kappa shape index (κ2) is 6.91. The first-order valence-electron chi connectivity index (χ1n) is 8.33. The molecule has 0 bridgehead atoms. The number of anilines is 1. The molecule has 4 rings (SSSR count). The Balaban J connectivity index is 1.40. The second-order valence-electron chi connectivity index (χ2n) is 5.98. The highest BCUT2D eigenvalue weighted by Crippen LogP contribution is 2.16. The molecule has 0 radical (unpaired) electrons. The first-order chi connectivity index (χ1) is 12.7. The predicted molar refractivity (Wildman–Crippen MR) is 93.7 cm³/mol. The molecule has 1 fully saturated rings. The topological polar surface area (TPSA) is 67.2 Å². The number of benzene rings is 1. The van der Waals surface area contributed by atoms with Crippen molar-refractivity contribution in [1.82, 2.24) is 24.6 Å². The van der Waals surface area contributed by atoms with E-state index in [1.807, 2.05) is 12.1 Å². The maximum Gasteiger partial charge on any atom is 0.256 e. The van der Waals surface area contributed by atoms with Crippen LogP contribution in [0.15, 0.2) is 55.1 Å². The fourth-order valence-electron chi connectivity index (χ4n) is 2.96. The number of halogens is 1. The molecule has 3 heterocycles. The molecule has 3 aromatic rings. The van der Waals surface area contributed by atoms with Crippen molar-refractivity contribution < 1.29 is 9.18 Å². The first-order valence-corrected chi connectivity index (χ1v) is 8.33. The van der Waals surface area contributed by atoms with E-state index in [0.29, 0.717) is 32.0 Å². The van der Waals surface area contributed by atoms with Crippen molar-refractivity contribution in [2.75, 3.05) is 31.1 Å². The monoisotopic (exact) mass is 352 g/mol. The van der Waals surface area contributed by atoms with Crippen LogP contribution in [-0.2, 0) is 0 Å². The van der Waals surface area contributed by atoms with Crippen LogP contribution >= 0.6 is 0 Å². The molecule has 8 heteroatoms. The molecule has 1 amide bonds. The van der Waals surface area contributed by atoms with Gasteiger partial charge in [-0.15, -0.1) is 10.2 Å². The van der Waals surface area contributed by atoms with Crippen LogP contribution in [-0.4, -0.2) is 56.7 Å². The van der Waals surface area contributed by atoms with Gasteiger partial charge in [0.1, 0.15) is 12.1 Å². The minimum absolute atomic E-state index is 0.116. The van der Waals surface area contributed by atoms with E-state index in [1.54, 1.807) is 40.3 Å². The molecule has 0 unspecified atom stereocenters. The zero-order valence-corrected chi connectivity index (χ0v) is 14.0. The zero-order chi connectivity index (χ0) is 17.9. The summed E-state index contributed by atoms with van der Waals surface area (Å²) in [4.78, 5) is 20.2. The van der Waals surface area contributed by atoms with E-state index < -0.39 is 5.82 Å². The highest BCUT2D eigenvalue weighted by atomic mass is 19.1. The average Bonchev–Trinajstić information content (AvgIpc) is 3.23. The summed E-state index contributed by atoms with van der Waals surface area (Å²) in [7, 11) is 0. The number of amides is 1. The number of piperazine rings is 1. The number of carbonyl (C=O) groups is 1. The number of aromatic nitrogens is 4. The van der Waals surface area contributed by atoms with Crippen molar-refractivity contribution in [2.24, 2.45) is 0 Å². The lowest BCUT2D eigenvalue weighted by Gasteiger charge is -2.35. The minimum Gasteiger partial charge on any atom is -0.352 e. The van der Waals surface area contributed by atoms with Gasteiger partial charge in [-0.05, 0) is 24.3 Å². The molecular weight excluding hydrogens is 335 g/mol. The quantitative estimate of drug-likeness (QED) is 0.719. The summed E-state index contributed by atoms with van der Waals surface area (Å²) in [6.07, 6.45) is 5.15. The molecule has 1 aromatic carbocycles. The maximum atomic E-state index is 13.8. The summed E-state index contributed by atoms with van der Waals surface area (Å²) in [5.41, 5.74) is 0.116. The molecule has 7 nitrogen and oxygen atoms in total. The van der Waals surface area contributed by atoms with Gasteiger partial charge in [-0.2, -0.15) is 0 Å². The highest BCUT2D eigenvalue weighted by molar-refractivity contribution is 5.94. The number of hydrogen-bond acceptors (Lipinski definition) is 5. The molecule has 0 atom stereocenters. The number of hydrogen-bond donors (Lipinski definition) is 0. The normalized spacial score (nSPS) is 14.5. The van der Waals surface area contributed by atoms with Gasteiger partial charge in [0.25, 0.3) is 5.91 Å². The van der Waals surface area contributed by atoms with Crippen LogP contribution < -0.4 is 4.90 Å². The summed E-state index contributed by atoms with van der Waals surface area (Å²) < 4.78 is 15.6. The van der Waals surface area contributed by atoms with E-state index in [9.17, 15) is 9.18 Å². The van der Waals surface area contributed by atoms with Crippen LogP contribution in [0.25, 0.3) is 5.82 Å². The third-order valence-corrected chi connectivity index (χ3v) is 4.40. The fraction of sp³-hybridized carbons (Fsp3) is 0.222. The molecule has 0 N–H and O–H groups in total. The molecule has 0 spiro atoms. The lowest BCUT2D eigenvalue weighted by molar-refractivity contribution is 0.0742. The summed E-state index contributed by atoms with van der Waals surface area (Å²) in [5, 5.41) is 8.48. The van der Waals surface area contributed by atoms with Gasteiger partial charge >= 0.3 is 0 Å². The summed E-state index contributed by atoms with van der Waals surface area (Å²) in [5.74, 6) is 0.691. The van der Waals surface area contributed by atoms with E-state index >= 15 is 0 Å². The van der Waals surface area contributed by atoms with Crippen molar-refractivity contribution in [1.29, 1.82) is 0 Å². The Bertz CT molecular complexity index is 888. The number of carbonyl (C=O) groups excluding carboxylic acids is 1. The Morgan fingerprint density at radius 1 is 0.962 bits per heavy atom. The van der Waals surface area contributed by atoms with Crippen LogP contribution in [0.1, 0.15) is 10.4 Å². The van der Waals surface area contributed by atoms with Gasteiger partial charge < -0.3 is 9.80 Å². The predicted octanol–water partition coefficient (Wildman–Crippen LogP) is 1.76.